The molecule has 0 amide bonds. The monoisotopic (exact) mass is 1270 g/mol. The van der Waals surface area contributed by atoms with Gasteiger partial charge in [-0.05, 0) is 111 Å². The Kier molecular flexibility index (Phi) is 20.8. The normalized spacial score (nSPS) is 48.9. The summed E-state index contributed by atoms with van der Waals surface area (Å²) in [5.74, 6) is -3.79. The lowest BCUT2D eigenvalue weighted by molar-refractivity contribution is -0.399. The molecule has 506 valence electrons. The van der Waals surface area contributed by atoms with Gasteiger partial charge in [0.1, 0.15) is 98.2 Å². The number of aliphatic hydroxyl groups is 11. The lowest BCUT2D eigenvalue weighted by Gasteiger charge is -2.72. The fraction of sp³-hybridized carbons (Fsp3) is 0.871. The van der Waals surface area contributed by atoms with Gasteiger partial charge in [0, 0.05) is 31.4 Å². The average Bonchev–Trinajstić information content (AvgIpc) is 0.674. The summed E-state index contributed by atoms with van der Waals surface area (Å²) in [5.41, 5.74) is -2.58. The van der Waals surface area contributed by atoms with Gasteiger partial charge in [-0.1, -0.05) is 59.3 Å². The van der Waals surface area contributed by atoms with Gasteiger partial charge in [0.15, 0.2) is 31.3 Å². The highest BCUT2D eigenvalue weighted by molar-refractivity contribution is 5.87. The first-order valence-electron chi connectivity index (χ1n) is 31.3. The Morgan fingerprint density at radius 1 is 0.629 bits per heavy atom. The zero-order valence-electron chi connectivity index (χ0n) is 52.4. The van der Waals surface area contributed by atoms with Crippen LogP contribution in [0.2, 0.25) is 0 Å². The molecule has 4 saturated carbocycles. The van der Waals surface area contributed by atoms with Crippen LogP contribution in [0.4, 0.5) is 0 Å². The number of esters is 3. The summed E-state index contributed by atoms with van der Waals surface area (Å²) in [6.07, 6.45) is -28.7. The summed E-state index contributed by atoms with van der Waals surface area (Å²) < 4.78 is 67.6. The van der Waals surface area contributed by atoms with Crippen molar-refractivity contribution in [3.8, 4) is 0 Å². The zero-order chi connectivity index (χ0) is 65.4. The smallest absolute Gasteiger partial charge is 0.335 e. The maximum atomic E-state index is 13.5. The molecule has 29 atom stereocenters. The third kappa shape index (κ3) is 12.4. The molecule has 0 aromatic carbocycles. The van der Waals surface area contributed by atoms with Crippen LogP contribution < -0.4 is 0 Å². The Morgan fingerprint density at radius 2 is 1.27 bits per heavy atom. The molecule has 4 unspecified atom stereocenters. The molecule has 0 aromatic heterocycles. The van der Waals surface area contributed by atoms with Crippen molar-refractivity contribution < 1.29 is 133 Å². The van der Waals surface area contributed by atoms with E-state index in [4.69, 9.17) is 52.1 Å². The van der Waals surface area contributed by atoms with Crippen molar-refractivity contribution in [3.05, 3.63) is 23.3 Å². The molecule has 0 spiro atoms. The molecule has 9 rings (SSSR count). The number of carbonyl (C=O) groups is 4. The third-order valence-electron chi connectivity index (χ3n) is 22.9. The average molecular weight is 1270 g/mol. The summed E-state index contributed by atoms with van der Waals surface area (Å²) in [5, 5.41) is 131. The van der Waals surface area contributed by atoms with Crippen molar-refractivity contribution in [2.45, 2.75) is 256 Å². The van der Waals surface area contributed by atoms with E-state index in [2.05, 4.69) is 40.7 Å². The quantitative estimate of drug-likeness (QED) is 0.0294. The Hall–Kier alpha value is -3.40. The molecule has 4 aliphatic heterocycles. The van der Waals surface area contributed by atoms with E-state index in [1.807, 2.05) is 6.92 Å². The van der Waals surface area contributed by atoms with Crippen LogP contribution in [0.25, 0.3) is 0 Å². The van der Waals surface area contributed by atoms with Crippen molar-refractivity contribution >= 4 is 23.9 Å². The lowest BCUT2D eigenvalue weighted by atomic mass is 9.33. The van der Waals surface area contributed by atoms with Crippen molar-refractivity contribution in [1.29, 1.82) is 0 Å². The molecule has 27 nitrogen and oxygen atoms in total. The second kappa shape index (κ2) is 26.4. The Balaban J connectivity index is 1.07. The highest BCUT2D eigenvalue weighted by atomic mass is 16.8. The molecule has 9 aliphatic rings. The van der Waals surface area contributed by atoms with Crippen molar-refractivity contribution in [1.82, 2.24) is 0 Å². The molecule has 4 saturated heterocycles. The second-order valence-electron chi connectivity index (χ2n) is 28.3. The van der Waals surface area contributed by atoms with Crippen LogP contribution in [-0.4, -0.2) is 247 Å². The first-order chi connectivity index (χ1) is 41.7. The van der Waals surface area contributed by atoms with E-state index < -0.39 is 205 Å². The lowest BCUT2D eigenvalue weighted by Crippen LogP contribution is -2.69. The van der Waals surface area contributed by atoms with E-state index in [0.717, 1.165) is 0 Å². The van der Waals surface area contributed by atoms with Gasteiger partial charge in [-0.3, -0.25) is 9.59 Å². The van der Waals surface area contributed by atoms with Crippen LogP contribution in [0.5, 0.6) is 0 Å². The maximum absolute atomic E-state index is 13.5. The number of aliphatic carboxylic acids is 1. The van der Waals surface area contributed by atoms with E-state index in [1.54, 1.807) is 19.9 Å². The highest BCUT2D eigenvalue weighted by Crippen LogP contribution is 2.76. The van der Waals surface area contributed by atoms with Crippen LogP contribution in [0.15, 0.2) is 23.3 Å². The number of hydrogen-bond acceptors (Lipinski definition) is 26. The van der Waals surface area contributed by atoms with Crippen LogP contribution in [0.3, 0.4) is 0 Å². The second-order valence-corrected chi connectivity index (χ2v) is 28.3. The minimum Gasteiger partial charge on any atom is -0.479 e. The fourth-order valence-electron chi connectivity index (χ4n) is 17.5. The number of carbonyl (C=O) groups excluding carboxylic acids is 3. The first-order valence-corrected chi connectivity index (χ1v) is 31.3. The van der Waals surface area contributed by atoms with Crippen LogP contribution in [0, 0.1) is 50.2 Å². The van der Waals surface area contributed by atoms with E-state index in [0.29, 0.717) is 44.1 Å². The number of allylic oxidation sites excluding steroid dienone is 3. The maximum Gasteiger partial charge on any atom is 0.335 e. The van der Waals surface area contributed by atoms with E-state index in [-0.39, 0.29) is 50.2 Å². The van der Waals surface area contributed by atoms with Gasteiger partial charge in [0.2, 0.25) is 0 Å². The minimum atomic E-state index is -2.25. The molecular formula is C62H96O27. The van der Waals surface area contributed by atoms with Crippen molar-refractivity contribution in [2.24, 2.45) is 50.2 Å². The van der Waals surface area contributed by atoms with E-state index >= 15 is 0 Å². The van der Waals surface area contributed by atoms with Gasteiger partial charge in [-0.25, -0.2) is 9.59 Å². The molecule has 0 aromatic rings. The molecule has 27 heteroatoms. The number of carboxylic acid groups (broad SMARTS) is 1. The summed E-state index contributed by atoms with van der Waals surface area (Å²) in [7, 11) is 0. The molecule has 0 radical (unpaired) electrons. The Morgan fingerprint density at radius 3 is 1.90 bits per heavy atom. The predicted molar refractivity (Wildman–Crippen MR) is 302 cm³/mol. The molecule has 5 aliphatic carbocycles. The Bertz CT molecular complexity index is 2620. The van der Waals surface area contributed by atoms with Gasteiger partial charge in [0.25, 0.3) is 0 Å². The molecule has 8 fully saturated rings. The van der Waals surface area contributed by atoms with E-state index in [1.165, 1.54) is 19.4 Å². The van der Waals surface area contributed by atoms with E-state index in [9.17, 15) is 80.5 Å². The van der Waals surface area contributed by atoms with Crippen LogP contribution in [-0.2, 0) is 71.3 Å². The molecular weight excluding hydrogens is 1180 g/mol. The number of hydrogen-bond donors (Lipinski definition) is 12. The number of aliphatic hydroxyl groups excluding tert-OH is 11. The standard InChI is InChI=1S/C62H96O27/c1-11-27(2)52(78)84-38-22-62(26-81-28(3)65)31(20-57(38,5)6)30-12-13-36-58(7)16-15-37(59(8,18-19-63)35(58)14-17-60(36,9)61(30,10)21-39(62)82-29(4)66)85-56-50(89-54-45(74)43(72)42(71)34(23-64)83-54)47(46(75)48(87-56)51(76)77)86-55-49(41(70)33(68)25-80-55)88-53-44(73)40(69)32(67)24-79-53/h11-12,31-50,53-56,63-64,67-75H,13-26H2,1-10H3,(H,76,77)/b27-11-/t31-,32?,33-,34+,35+,36+,37-,38-,39+,40?,41-,42-,43-,44?,45+,46-,47-,48-,49+,50+,53?,54-,55-,56+,58-,59-,60+,61+,62+/m0/s1. The summed E-state index contributed by atoms with van der Waals surface area (Å²) in [6, 6.07) is 0. The van der Waals surface area contributed by atoms with Crippen molar-refractivity contribution in [3.63, 3.8) is 0 Å². The number of ether oxygens (including phenoxy) is 11. The number of fused-ring (bicyclic) bond motifs is 7. The zero-order valence-corrected chi connectivity index (χ0v) is 52.4. The molecule has 4 heterocycles. The first kappa shape index (κ1) is 69.9. The van der Waals surface area contributed by atoms with Gasteiger partial charge < -0.3 is 113 Å². The largest absolute Gasteiger partial charge is 0.479 e. The topological polar surface area (TPSA) is 413 Å². The fourth-order valence-corrected chi connectivity index (χ4v) is 17.5. The summed E-state index contributed by atoms with van der Waals surface area (Å²) >= 11 is 0. The molecule has 0 bridgehead atoms. The Labute approximate surface area is 517 Å². The number of rotatable bonds is 17. The van der Waals surface area contributed by atoms with Crippen LogP contribution in [0.1, 0.15) is 127 Å². The number of carboxylic acids is 1. The SMILES string of the molecule is C/C=C(/C)C(=O)O[C@H]1C[C@]2(COC(C)=O)[C@H](OC(C)=O)C[C@]3(C)C(=CC[C@@H]4[C@@]5(C)CC[C@H](O[C@@H]6O[C@H](C(=O)O)[C@@H](O)[C@H](O[C@@H]7OC[C@H](O)[C@H](O)[C@H]7OC7OCC(O)C(O)C7O)[C@H]6O[C@@H]6O[C@H](CO)[C@H](O)[C@H](O)[C@H]6O)[C@@](C)(CCO)[C@@H]5CC[C@]43C)[C@@H]2CC1(C)C. The molecule has 12 N–H and O–H groups in total. The third-order valence-corrected chi connectivity index (χ3v) is 22.9. The van der Waals surface area contributed by atoms with Gasteiger partial charge in [-0.15, -0.1) is 0 Å². The van der Waals surface area contributed by atoms with Crippen LogP contribution >= 0.6 is 0 Å². The summed E-state index contributed by atoms with van der Waals surface area (Å²) in [6.45, 7) is 16.6. The molecule has 89 heavy (non-hydrogen) atoms. The van der Waals surface area contributed by atoms with Gasteiger partial charge >= 0.3 is 23.9 Å². The van der Waals surface area contributed by atoms with Crippen molar-refractivity contribution in [2.75, 3.05) is 33.0 Å². The highest BCUT2D eigenvalue weighted by Gasteiger charge is 2.73. The van der Waals surface area contributed by atoms with Gasteiger partial charge in [-0.2, -0.15) is 0 Å². The summed E-state index contributed by atoms with van der Waals surface area (Å²) in [4.78, 5) is 53.0. The predicted octanol–water partition coefficient (Wildman–Crippen LogP) is -0.229. The minimum absolute atomic E-state index is 0.0555. The van der Waals surface area contributed by atoms with Gasteiger partial charge in [0.05, 0.1) is 31.3 Å².